The Labute approximate surface area is 101 Å². The van der Waals surface area contributed by atoms with Gasteiger partial charge in [-0.05, 0) is 30.4 Å². The lowest BCUT2D eigenvalue weighted by atomic mass is 10.2. The summed E-state index contributed by atoms with van der Waals surface area (Å²) in [5, 5.41) is 19.3. The number of hydrogen-bond acceptors (Lipinski definition) is 5. The number of tetrazole rings is 1. The van der Waals surface area contributed by atoms with E-state index in [4.69, 9.17) is 17.4 Å². The van der Waals surface area contributed by atoms with Crippen molar-refractivity contribution in [2.24, 2.45) is 0 Å². The van der Waals surface area contributed by atoms with Gasteiger partial charge in [0, 0.05) is 12.6 Å². The number of benzene rings is 1. The molecule has 0 spiro atoms. The van der Waals surface area contributed by atoms with E-state index in [1.54, 1.807) is 24.3 Å². The van der Waals surface area contributed by atoms with Gasteiger partial charge in [-0.3, -0.25) is 10.0 Å². The topological polar surface area (TPSA) is 87.0 Å². The fourth-order valence-electron chi connectivity index (χ4n) is 1.33. The van der Waals surface area contributed by atoms with E-state index in [-0.39, 0.29) is 4.77 Å². The van der Waals surface area contributed by atoms with Gasteiger partial charge in [0.2, 0.25) is 4.77 Å². The van der Waals surface area contributed by atoms with Gasteiger partial charge in [0.15, 0.2) is 0 Å². The lowest BCUT2D eigenvalue weighted by molar-refractivity contribution is -0.0374. The normalized spacial score (nSPS) is 10.2. The predicted molar refractivity (Wildman–Crippen MR) is 60.4 cm³/mol. The van der Waals surface area contributed by atoms with Gasteiger partial charge >= 0.3 is 0 Å². The first-order valence-electron chi connectivity index (χ1n) is 4.67. The quantitative estimate of drug-likeness (QED) is 0.468. The van der Waals surface area contributed by atoms with Crippen LogP contribution in [0.3, 0.4) is 0 Å². The molecule has 0 bridgehead atoms. The number of hydrogen-bond donors (Lipinski definition) is 2. The van der Waals surface area contributed by atoms with Gasteiger partial charge in [0.25, 0.3) is 5.91 Å². The molecule has 2 rings (SSSR count). The van der Waals surface area contributed by atoms with Crippen molar-refractivity contribution >= 4 is 18.1 Å². The van der Waals surface area contributed by atoms with Crippen molar-refractivity contribution in [3.8, 4) is 5.69 Å². The minimum atomic E-state index is -0.508. The van der Waals surface area contributed by atoms with Crippen LogP contribution < -0.4 is 0 Å². The van der Waals surface area contributed by atoms with E-state index in [2.05, 4.69) is 15.5 Å². The first-order valence-corrected chi connectivity index (χ1v) is 5.08. The van der Waals surface area contributed by atoms with Gasteiger partial charge in [0.1, 0.15) is 0 Å². The molecule has 1 aromatic carbocycles. The third-order valence-electron chi connectivity index (χ3n) is 2.12. The van der Waals surface area contributed by atoms with E-state index in [0.29, 0.717) is 16.3 Å². The van der Waals surface area contributed by atoms with Crippen molar-refractivity contribution in [1.82, 2.24) is 25.3 Å². The van der Waals surface area contributed by atoms with Crippen molar-refractivity contribution in [1.29, 1.82) is 0 Å². The zero-order valence-electron chi connectivity index (χ0n) is 8.86. The number of carbonyl (C=O) groups excluding carboxylic acids is 1. The zero-order chi connectivity index (χ0) is 12.4. The Kier molecular flexibility index (Phi) is 2.98. The summed E-state index contributed by atoms with van der Waals surface area (Å²) in [4.78, 5) is 11.6. The first kappa shape index (κ1) is 11.4. The number of aromatic amines is 1. The van der Waals surface area contributed by atoms with Crippen molar-refractivity contribution in [3.05, 3.63) is 34.6 Å². The summed E-state index contributed by atoms with van der Waals surface area (Å²) < 4.78 is 1.70. The SMILES string of the molecule is CN(O)C(=O)c1cccc(-n2[nH]nnc2=S)c1. The van der Waals surface area contributed by atoms with Crippen molar-refractivity contribution in [3.63, 3.8) is 0 Å². The van der Waals surface area contributed by atoms with Gasteiger partial charge in [-0.15, -0.1) is 0 Å². The smallest absolute Gasteiger partial charge is 0.277 e. The summed E-state index contributed by atoms with van der Waals surface area (Å²) in [6, 6.07) is 6.58. The highest BCUT2D eigenvalue weighted by molar-refractivity contribution is 7.71. The molecule has 1 amide bonds. The number of hydroxylamine groups is 2. The molecule has 0 saturated carbocycles. The van der Waals surface area contributed by atoms with Crippen LogP contribution in [0.1, 0.15) is 10.4 Å². The first-order chi connectivity index (χ1) is 8.09. The third-order valence-corrected chi connectivity index (χ3v) is 2.38. The maximum atomic E-state index is 11.6. The van der Waals surface area contributed by atoms with E-state index in [1.807, 2.05) is 0 Å². The van der Waals surface area contributed by atoms with E-state index in [0.717, 1.165) is 0 Å². The number of rotatable bonds is 2. The average Bonchev–Trinajstić information content (AvgIpc) is 2.74. The van der Waals surface area contributed by atoms with E-state index in [9.17, 15) is 4.79 Å². The monoisotopic (exact) mass is 251 g/mol. The second-order valence-electron chi connectivity index (χ2n) is 3.30. The van der Waals surface area contributed by atoms with Crippen molar-refractivity contribution in [2.45, 2.75) is 0 Å². The molecule has 0 aliphatic rings. The second-order valence-corrected chi connectivity index (χ2v) is 3.66. The maximum absolute atomic E-state index is 11.6. The van der Waals surface area contributed by atoms with Crippen molar-refractivity contribution < 1.29 is 10.0 Å². The Hall–Kier alpha value is -2.06. The summed E-state index contributed by atoms with van der Waals surface area (Å²) in [5.74, 6) is -0.508. The molecule has 7 nitrogen and oxygen atoms in total. The van der Waals surface area contributed by atoms with Crippen LogP contribution in [0.4, 0.5) is 0 Å². The molecule has 2 N–H and O–H groups in total. The molecule has 0 fully saturated rings. The number of amides is 1. The number of aromatic nitrogens is 4. The van der Waals surface area contributed by atoms with Crippen LogP contribution in [0.25, 0.3) is 5.69 Å². The molecular formula is C9H9N5O2S. The molecule has 0 unspecified atom stereocenters. The van der Waals surface area contributed by atoms with E-state index < -0.39 is 5.91 Å². The Morgan fingerprint density at radius 3 is 2.94 bits per heavy atom. The summed E-state index contributed by atoms with van der Waals surface area (Å²) >= 11 is 4.94. The highest BCUT2D eigenvalue weighted by atomic mass is 32.1. The second kappa shape index (κ2) is 4.44. The molecule has 1 aromatic heterocycles. The maximum Gasteiger partial charge on any atom is 0.277 e. The molecule has 0 radical (unpaired) electrons. The Balaban J connectivity index is 2.46. The molecule has 17 heavy (non-hydrogen) atoms. The van der Waals surface area contributed by atoms with Crippen molar-refractivity contribution in [2.75, 3.05) is 7.05 Å². The minimum absolute atomic E-state index is 0.256. The van der Waals surface area contributed by atoms with Crippen LogP contribution in [-0.4, -0.2) is 43.4 Å². The Bertz CT molecular complexity index is 603. The van der Waals surface area contributed by atoms with Crippen LogP contribution in [0.2, 0.25) is 0 Å². The minimum Gasteiger partial charge on any atom is -0.286 e. The van der Waals surface area contributed by atoms with Crippen LogP contribution in [0.5, 0.6) is 0 Å². The molecule has 1 heterocycles. The average molecular weight is 251 g/mol. The number of nitrogens with one attached hydrogen (secondary N) is 1. The lowest BCUT2D eigenvalue weighted by Crippen LogP contribution is -2.22. The van der Waals surface area contributed by atoms with Crippen LogP contribution in [-0.2, 0) is 0 Å². The summed E-state index contributed by atoms with van der Waals surface area (Å²) in [6.45, 7) is 0. The van der Waals surface area contributed by atoms with Gasteiger partial charge < -0.3 is 0 Å². The molecule has 0 aliphatic heterocycles. The highest BCUT2D eigenvalue weighted by Crippen LogP contribution is 2.10. The predicted octanol–water partition coefficient (Wildman–Crippen LogP) is 0.786. The molecular weight excluding hydrogens is 242 g/mol. The lowest BCUT2D eigenvalue weighted by Gasteiger charge is -2.09. The highest BCUT2D eigenvalue weighted by Gasteiger charge is 2.10. The van der Waals surface area contributed by atoms with Gasteiger partial charge in [0.05, 0.1) is 5.69 Å². The van der Waals surface area contributed by atoms with Gasteiger partial charge in [-0.2, -0.15) is 5.21 Å². The van der Waals surface area contributed by atoms with Crippen LogP contribution >= 0.6 is 12.2 Å². The fourth-order valence-corrected chi connectivity index (χ4v) is 1.52. The third kappa shape index (κ3) is 2.22. The fraction of sp³-hybridized carbons (Fsp3) is 0.111. The van der Waals surface area contributed by atoms with E-state index in [1.165, 1.54) is 11.7 Å². The summed E-state index contributed by atoms with van der Waals surface area (Å²) in [5.41, 5.74) is 0.955. The van der Waals surface area contributed by atoms with Gasteiger partial charge in [-0.25, -0.2) is 9.75 Å². The van der Waals surface area contributed by atoms with Crippen LogP contribution in [0.15, 0.2) is 24.3 Å². The molecule has 88 valence electrons. The molecule has 0 atom stereocenters. The summed E-state index contributed by atoms with van der Waals surface area (Å²) in [7, 11) is 1.26. The largest absolute Gasteiger partial charge is 0.286 e. The van der Waals surface area contributed by atoms with E-state index >= 15 is 0 Å². The molecule has 0 aliphatic carbocycles. The number of nitrogens with zero attached hydrogens (tertiary/aromatic N) is 4. The Morgan fingerprint density at radius 1 is 1.59 bits per heavy atom. The molecule has 2 aromatic rings. The molecule has 0 saturated heterocycles. The Morgan fingerprint density at radius 2 is 2.35 bits per heavy atom. The van der Waals surface area contributed by atoms with Gasteiger partial charge in [-0.1, -0.05) is 16.4 Å². The zero-order valence-corrected chi connectivity index (χ0v) is 9.68. The standard InChI is InChI=1S/C9H9N5O2S/c1-13(16)8(15)6-3-2-4-7(5-6)14-9(17)10-11-12-14/h2-5,16H,1H3,(H,10,12,17). The number of H-pyrrole nitrogens is 1. The summed E-state index contributed by atoms with van der Waals surface area (Å²) in [6.07, 6.45) is 0. The van der Waals surface area contributed by atoms with Crippen LogP contribution in [0, 0.1) is 4.77 Å². The number of carbonyl (C=O) groups is 1. The molecule has 8 heteroatoms.